The van der Waals surface area contributed by atoms with Crippen LogP contribution in [-0.4, -0.2) is 33.1 Å². The predicted octanol–water partition coefficient (Wildman–Crippen LogP) is 6.09. The zero-order chi connectivity index (χ0) is 19.3. The Morgan fingerprint density at radius 1 is 1.04 bits per heavy atom. The van der Waals surface area contributed by atoms with Crippen LogP contribution in [0.5, 0.6) is 0 Å². The van der Waals surface area contributed by atoms with Crippen molar-refractivity contribution in [2.24, 2.45) is 0 Å². The number of likely N-dealkylation sites (tertiary alicyclic amines) is 1. The van der Waals surface area contributed by atoms with Gasteiger partial charge in [0.2, 0.25) is 0 Å². The van der Waals surface area contributed by atoms with E-state index in [1.165, 1.54) is 63.5 Å². The fourth-order valence-corrected chi connectivity index (χ4v) is 4.44. The Bertz CT molecular complexity index is 595. The summed E-state index contributed by atoms with van der Waals surface area (Å²) in [5.74, 6) is 1.52. The van der Waals surface area contributed by atoms with E-state index in [2.05, 4.69) is 4.98 Å². The zero-order valence-electron chi connectivity index (χ0n) is 17.4. The lowest BCUT2D eigenvalue weighted by Crippen LogP contribution is -2.36. The topological polar surface area (TPSA) is 58.2 Å². The Hall–Kier alpha value is -1.52. The molecule has 1 aliphatic heterocycles. The number of carbonyl (C=O) groups excluding carboxylic acids is 1. The first-order chi connectivity index (χ1) is 12.9. The van der Waals surface area contributed by atoms with Gasteiger partial charge >= 0.3 is 6.09 Å². The number of hydrogen-bond donors (Lipinski definition) is 1. The summed E-state index contributed by atoms with van der Waals surface area (Å²) in [4.78, 5) is 22.7. The van der Waals surface area contributed by atoms with Crippen molar-refractivity contribution in [3.8, 4) is 0 Å². The van der Waals surface area contributed by atoms with Gasteiger partial charge in [-0.1, -0.05) is 44.9 Å². The van der Waals surface area contributed by atoms with Gasteiger partial charge in [0.1, 0.15) is 11.4 Å². The maximum absolute atomic E-state index is 12.6. The Morgan fingerprint density at radius 3 is 2.30 bits per heavy atom. The molecule has 1 aromatic heterocycles. The van der Waals surface area contributed by atoms with Crippen molar-refractivity contribution >= 4 is 6.09 Å². The van der Waals surface area contributed by atoms with E-state index in [4.69, 9.17) is 9.72 Å². The third kappa shape index (κ3) is 5.73. The number of rotatable bonds is 2. The van der Waals surface area contributed by atoms with Crippen molar-refractivity contribution in [1.29, 1.82) is 0 Å². The monoisotopic (exact) mass is 375 g/mol. The quantitative estimate of drug-likeness (QED) is 0.680. The van der Waals surface area contributed by atoms with Crippen LogP contribution in [0.25, 0.3) is 0 Å². The molecular weight excluding hydrogens is 338 g/mol. The van der Waals surface area contributed by atoms with Gasteiger partial charge in [0.05, 0.1) is 6.04 Å². The third-order valence-electron chi connectivity index (χ3n) is 5.86. The number of imidazole rings is 1. The summed E-state index contributed by atoms with van der Waals surface area (Å²) >= 11 is 0. The summed E-state index contributed by atoms with van der Waals surface area (Å²) in [5.41, 5.74) is 0.802. The molecule has 2 heterocycles. The van der Waals surface area contributed by atoms with Crippen LogP contribution < -0.4 is 0 Å². The van der Waals surface area contributed by atoms with Crippen LogP contribution >= 0.6 is 0 Å². The number of nitrogens with zero attached hydrogens (tertiary/aromatic N) is 2. The molecule has 152 valence electrons. The van der Waals surface area contributed by atoms with Crippen molar-refractivity contribution in [1.82, 2.24) is 14.9 Å². The highest BCUT2D eigenvalue weighted by Gasteiger charge is 2.35. The van der Waals surface area contributed by atoms with Crippen LogP contribution in [0.2, 0.25) is 0 Å². The highest BCUT2D eigenvalue weighted by atomic mass is 16.6. The number of carbonyl (C=O) groups is 1. The summed E-state index contributed by atoms with van der Waals surface area (Å²) in [6.07, 6.45) is 15.8. The van der Waals surface area contributed by atoms with E-state index in [0.29, 0.717) is 5.92 Å². The molecule has 1 atom stereocenters. The van der Waals surface area contributed by atoms with E-state index in [0.717, 1.165) is 25.2 Å². The summed E-state index contributed by atoms with van der Waals surface area (Å²) in [6, 6.07) is 0.0214. The van der Waals surface area contributed by atoms with E-state index < -0.39 is 5.60 Å². The maximum Gasteiger partial charge on any atom is 0.410 e. The molecule has 5 heteroatoms. The van der Waals surface area contributed by atoms with Gasteiger partial charge in [-0.15, -0.1) is 0 Å². The van der Waals surface area contributed by atoms with E-state index in [-0.39, 0.29) is 12.1 Å². The van der Waals surface area contributed by atoms with Gasteiger partial charge in [-0.2, -0.15) is 0 Å². The molecule has 1 aliphatic carbocycles. The second-order valence-electron chi connectivity index (χ2n) is 9.30. The van der Waals surface area contributed by atoms with Crippen LogP contribution in [0, 0.1) is 0 Å². The molecule has 3 rings (SSSR count). The van der Waals surface area contributed by atoms with Gasteiger partial charge in [-0.3, -0.25) is 4.90 Å². The number of ether oxygens (including phenoxy) is 1. The molecule has 2 aliphatic rings. The summed E-state index contributed by atoms with van der Waals surface area (Å²) < 4.78 is 5.60. The summed E-state index contributed by atoms with van der Waals surface area (Å²) in [5, 5.41) is 0. The molecule has 1 saturated heterocycles. The molecule has 5 nitrogen and oxygen atoms in total. The molecule has 0 unspecified atom stereocenters. The maximum atomic E-state index is 12.6. The van der Waals surface area contributed by atoms with Crippen LogP contribution in [0.1, 0.15) is 115 Å². The largest absolute Gasteiger partial charge is 0.444 e. The normalized spacial score (nSPS) is 23.4. The minimum absolute atomic E-state index is 0.0214. The average molecular weight is 376 g/mol. The fourth-order valence-electron chi connectivity index (χ4n) is 4.44. The molecule has 0 radical (unpaired) electrons. The van der Waals surface area contributed by atoms with E-state index in [1.807, 2.05) is 31.9 Å². The molecule has 1 aromatic rings. The number of H-pyrrole nitrogens is 1. The number of nitrogens with one attached hydrogen (secondary N) is 1. The predicted molar refractivity (Wildman–Crippen MR) is 108 cm³/mol. The zero-order valence-corrected chi connectivity index (χ0v) is 17.4. The van der Waals surface area contributed by atoms with Gasteiger partial charge in [0, 0.05) is 24.4 Å². The lowest BCUT2D eigenvalue weighted by atomic mass is 9.90. The molecular formula is C22H37N3O2. The first-order valence-electron chi connectivity index (χ1n) is 11.0. The van der Waals surface area contributed by atoms with Crippen LogP contribution in [0.15, 0.2) is 6.20 Å². The minimum Gasteiger partial charge on any atom is -0.444 e. The number of amides is 1. The van der Waals surface area contributed by atoms with E-state index in [9.17, 15) is 4.79 Å². The van der Waals surface area contributed by atoms with Crippen LogP contribution in [0.3, 0.4) is 0 Å². The van der Waals surface area contributed by atoms with Crippen molar-refractivity contribution in [2.45, 2.75) is 109 Å². The van der Waals surface area contributed by atoms with E-state index >= 15 is 0 Å². The van der Waals surface area contributed by atoms with Crippen molar-refractivity contribution in [2.75, 3.05) is 6.54 Å². The third-order valence-corrected chi connectivity index (χ3v) is 5.86. The Labute approximate surface area is 164 Å². The van der Waals surface area contributed by atoms with Gasteiger partial charge in [0.15, 0.2) is 0 Å². The molecule has 2 fully saturated rings. The van der Waals surface area contributed by atoms with Gasteiger partial charge in [-0.25, -0.2) is 9.78 Å². The Morgan fingerprint density at radius 2 is 1.67 bits per heavy atom. The molecule has 1 amide bonds. The second kappa shape index (κ2) is 9.11. The average Bonchev–Trinajstić information content (AvgIpc) is 3.27. The standard InChI is InChI=1S/C22H37N3O2/c1-22(2,3)27-21(26)25-15-11-14-19(25)20-23-16-18(24-20)17-12-9-7-5-4-6-8-10-13-17/h16-17,19H,4-15H2,1-3H3,(H,23,24)/t19-/m0/s1. The number of aromatic amines is 1. The lowest BCUT2D eigenvalue weighted by molar-refractivity contribution is 0.0218. The number of hydrogen-bond acceptors (Lipinski definition) is 3. The molecule has 0 bridgehead atoms. The van der Waals surface area contributed by atoms with Crippen molar-refractivity contribution in [3.05, 3.63) is 17.7 Å². The second-order valence-corrected chi connectivity index (χ2v) is 9.30. The highest BCUT2D eigenvalue weighted by molar-refractivity contribution is 5.69. The molecule has 0 spiro atoms. The van der Waals surface area contributed by atoms with Crippen LogP contribution in [0.4, 0.5) is 4.79 Å². The van der Waals surface area contributed by atoms with Gasteiger partial charge in [-0.05, 0) is 46.5 Å². The Balaban J connectivity index is 1.67. The minimum atomic E-state index is -0.464. The first-order valence-corrected chi connectivity index (χ1v) is 11.0. The summed E-state index contributed by atoms with van der Waals surface area (Å²) in [6.45, 7) is 6.50. The smallest absolute Gasteiger partial charge is 0.410 e. The lowest BCUT2D eigenvalue weighted by Gasteiger charge is -2.27. The van der Waals surface area contributed by atoms with Gasteiger partial charge in [0.25, 0.3) is 0 Å². The van der Waals surface area contributed by atoms with Crippen molar-refractivity contribution < 1.29 is 9.53 Å². The number of aromatic nitrogens is 2. The molecule has 0 aromatic carbocycles. The fraction of sp³-hybridized carbons (Fsp3) is 0.818. The van der Waals surface area contributed by atoms with Crippen LogP contribution in [-0.2, 0) is 4.74 Å². The van der Waals surface area contributed by atoms with Crippen molar-refractivity contribution in [3.63, 3.8) is 0 Å². The summed E-state index contributed by atoms with van der Waals surface area (Å²) in [7, 11) is 0. The molecule has 1 saturated carbocycles. The SMILES string of the molecule is CC(C)(C)OC(=O)N1CCC[C@H]1c1ncc(C2CCCCCCCCC2)[nH]1. The first kappa shape index (κ1) is 20.2. The molecule has 27 heavy (non-hydrogen) atoms. The highest BCUT2D eigenvalue weighted by Crippen LogP contribution is 2.34. The Kier molecular flexibility index (Phi) is 6.83. The van der Waals surface area contributed by atoms with Gasteiger partial charge < -0.3 is 9.72 Å². The van der Waals surface area contributed by atoms with E-state index in [1.54, 1.807) is 0 Å². The molecule has 1 N–H and O–H groups in total.